The van der Waals surface area contributed by atoms with Gasteiger partial charge in [0, 0.05) is 6.04 Å². The quantitative estimate of drug-likeness (QED) is 0.792. The molecule has 0 aliphatic heterocycles. The number of nitrogens with one attached hydrogen (secondary N) is 2. The smallest absolute Gasteiger partial charge is 0.317 e. The van der Waals surface area contributed by atoms with Crippen LogP contribution in [0.4, 0.5) is 4.79 Å². The highest BCUT2D eigenvalue weighted by atomic mass is 16.5. The maximum atomic E-state index is 12.0. The molecule has 3 rings (SSSR count). The zero-order chi connectivity index (χ0) is 16.2. The Morgan fingerprint density at radius 3 is 2.70 bits per heavy atom. The first kappa shape index (κ1) is 16.0. The first-order valence-electron chi connectivity index (χ1n) is 8.47. The van der Waals surface area contributed by atoms with Crippen molar-refractivity contribution in [2.45, 2.75) is 38.6 Å². The summed E-state index contributed by atoms with van der Waals surface area (Å²) in [6, 6.07) is 7.44. The summed E-state index contributed by atoms with van der Waals surface area (Å²) in [6.45, 7) is 2.24. The maximum Gasteiger partial charge on any atom is 0.317 e. The molecule has 2 aliphatic carbocycles. The minimum Gasteiger partial charge on any atom is -0.493 e. The molecule has 4 unspecified atom stereocenters. The fourth-order valence-corrected chi connectivity index (χ4v) is 4.19. The van der Waals surface area contributed by atoms with Crippen molar-refractivity contribution in [2.24, 2.45) is 17.8 Å². The van der Waals surface area contributed by atoms with Crippen molar-refractivity contribution in [2.75, 3.05) is 13.8 Å². The summed E-state index contributed by atoms with van der Waals surface area (Å²) in [6.07, 6.45) is 5.34. The first-order valence-corrected chi connectivity index (χ1v) is 8.47. The summed E-state index contributed by atoms with van der Waals surface area (Å²) in [5.41, 5.74) is 0. The number of hydrogen-bond donors (Lipinski definition) is 2. The molecule has 0 radical (unpaired) electrons. The lowest BCUT2D eigenvalue weighted by atomic mass is 9.84. The van der Waals surface area contributed by atoms with Crippen molar-refractivity contribution in [3.63, 3.8) is 0 Å². The Kier molecular flexibility index (Phi) is 4.94. The summed E-state index contributed by atoms with van der Waals surface area (Å²) < 4.78 is 10.8. The van der Waals surface area contributed by atoms with Gasteiger partial charge < -0.3 is 20.1 Å². The normalized spacial score (nSPS) is 26.6. The van der Waals surface area contributed by atoms with Crippen molar-refractivity contribution in [1.82, 2.24) is 10.6 Å². The average molecular weight is 318 g/mol. The fourth-order valence-electron chi connectivity index (χ4n) is 4.19. The van der Waals surface area contributed by atoms with Gasteiger partial charge in [-0.3, -0.25) is 0 Å². The second kappa shape index (κ2) is 7.11. The van der Waals surface area contributed by atoms with Gasteiger partial charge in [0.1, 0.15) is 0 Å². The van der Waals surface area contributed by atoms with E-state index >= 15 is 0 Å². The van der Waals surface area contributed by atoms with E-state index in [9.17, 15) is 4.79 Å². The van der Waals surface area contributed by atoms with Crippen LogP contribution >= 0.6 is 0 Å². The van der Waals surface area contributed by atoms with Crippen LogP contribution in [0.15, 0.2) is 24.3 Å². The van der Waals surface area contributed by atoms with Crippen LogP contribution in [0, 0.1) is 17.8 Å². The van der Waals surface area contributed by atoms with Gasteiger partial charge in [0.15, 0.2) is 18.2 Å². The minimum atomic E-state index is -0.171. The third-order valence-corrected chi connectivity index (χ3v) is 5.32. The number of ether oxygens (including phenoxy) is 2. The highest BCUT2D eigenvalue weighted by molar-refractivity contribution is 5.74. The molecule has 1 aromatic carbocycles. The molecule has 2 amide bonds. The molecule has 2 saturated carbocycles. The van der Waals surface area contributed by atoms with E-state index in [2.05, 4.69) is 17.6 Å². The van der Waals surface area contributed by atoms with Crippen LogP contribution in [0.3, 0.4) is 0 Å². The predicted molar refractivity (Wildman–Crippen MR) is 88.6 cm³/mol. The second-order valence-corrected chi connectivity index (χ2v) is 6.72. The number of urea groups is 1. The second-order valence-electron chi connectivity index (χ2n) is 6.72. The highest BCUT2D eigenvalue weighted by Gasteiger charge is 2.42. The Morgan fingerprint density at radius 2 is 2.04 bits per heavy atom. The number of benzene rings is 1. The van der Waals surface area contributed by atoms with Crippen molar-refractivity contribution in [3.8, 4) is 11.5 Å². The number of fused-ring (bicyclic) bond motifs is 2. The van der Waals surface area contributed by atoms with Crippen molar-refractivity contribution >= 4 is 6.03 Å². The van der Waals surface area contributed by atoms with E-state index < -0.39 is 0 Å². The van der Waals surface area contributed by atoms with Gasteiger partial charge in [-0.05, 0) is 56.1 Å². The number of rotatable bonds is 6. The van der Waals surface area contributed by atoms with E-state index in [0.717, 1.165) is 11.8 Å². The van der Waals surface area contributed by atoms with Gasteiger partial charge in [-0.1, -0.05) is 18.6 Å². The molecule has 4 atom stereocenters. The van der Waals surface area contributed by atoms with Crippen molar-refractivity contribution in [1.29, 1.82) is 0 Å². The Labute approximate surface area is 137 Å². The van der Waals surface area contributed by atoms with Crippen LogP contribution < -0.4 is 20.1 Å². The SMILES string of the molecule is COc1ccccc1OCNC(=O)NC(C)C1CC2CCC1C2. The molecule has 2 aliphatic rings. The molecule has 0 heterocycles. The molecule has 2 N–H and O–H groups in total. The van der Waals surface area contributed by atoms with Gasteiger partial charge >= 0.3 is 6.03 Å². The van der Waals surface area contributed by atoms with Crippen LogP contribution in [0.2, 0.25) is 0 Å². The van der Waals surface area contributed by atoms with Crippen molar-refractivity contribution < 1.29 is 14.3 Å². The summed E-state index contributed by atoms with van der Waals surface area (Å²) in [5, 5.41) is 5.81. The zero-order valence-corrected chi connectivity index (χ0v) is 13.9. The summed E-state index contributed by atoms with van der Waals surface area (Å²) >= 11 is 0. The van der Waals surface area contributed by atoms with Crippen molar-refractivity contribution in [3.05, 3.63) is 24.3 Å². The third-order valence-electron chi connectivity index (χ3n) is 5.32. The summed E-state index contributed by atoms with van der Waals surface area (Å²) in [4.78, 5) is 12.0. The molecule has 23 heavy (non-hydrogen) atoms. The van der Waals surface area contributed by atoms with E-state index in [4.69, 9.17) is 9.47 Å². The number of carbonyl (C=O) groups is 1. The van der Waals surface area contributed by atoms with Gasteiger partial charge in [0.25, 0.3) is 0 Å². The average Bonchev–Trinajstić information content (AvgIpc) is 3.18. The first-order chi connectivity index (χ1) is 11.2. The van der Waals surface area contributed by atoms with Gasteiger partial charge in [-0.25, -0.2) is 4.79 Å². The predicted octanol–water partition coefficient (Wildman–Crippen LogP) is 3.16. The van der Waals surface area contributed by atoms with E-state index in [1.807, 2.05) is 24.3 Å². The van der Waals surface area contributed by atoms with Gasteiger partial charge in [0.2, 0.25) is 0 Å². The molecular weight excluding hydrogens is 292 g/mol. The molecule has 5 nitrogen and oxygen atoms in total. The number of hydrogen-bond acceptors (Lipinski definition) is 3. The van der Waals surface area contributed by atoms with E-state index in [0.29, 0.717) is 17.4 Å². The number of carbonyl (C=O) groups excluding carboxylic acids is 1. The molecule has 126 valence electrons. The topological polar surface area (TPSA) is 59.6 Å². The summed E-state index contributed by atoms with van der Waals surface area (Å²) in [7, 11) is 1.60. The highest BCUT2D eigenvalue weighted by Crippen LogP contribution is 2.49. The van der Waals surface area contributed by atoms with Crippen LogP contribution in [-0.2, 0) is 0 Å². The van der Waals surface area contributed by atoms with E-state index in [1.54, 1.807) is 7.11 Å². The fraction of sp³-hybridized carbons (Fsp3) is 0.611. The molecule has 0 saturated heterocycles. The lowest BCUT2D eigenvalue weighted by Crippen LogP contribution is -2.46. The molecule has 1 aromatic rings. The molecule has 2 fully saturated rings. The molecule has 0 aromatic heterocycles. The standard InChI is InChI=1S/C18H26N2O3/c1-12(15-10-13-7-8-14(15)9-13)20-18(21)19-11-23-17-6-4-3-5-16(17)22-2/h3-6,12-15H,7-11H2,1-2H3,(H2,19,20,21). The zero-order valence-electron chi connectivity index (χ0n) is 13.9. The van der Waals surface area contributed by atoms with Gasteiger partial charge in [0.05, 0.1) is 7.11 Å². The van der Waals surface area contributed by atoms with Crippen LogP contribution in [-0.4, -0.2) is 25.9 Å². The Bertz CT molecular complexity index is 549. The maximum absolute atomic E-state index is 12.0. The molecule has 0 spiro atoms. The molecule has 2 bridgehead atoms. The lowest BCUT2D eigenvalue weighted by molar-refractivity contribution is 0.206. The Balaban J connectivity index is 1.41. The minimum absolute atomic E-state index is 0.121. The van der Waals surface area contributed by atoms with Crippen LogP contribution in [0.1, 0.15) is 32.6 Å². The number of amides is 2. The Hall–Kier alpha value is -1.91. The molecule has 5 heteroatoms. The van der Waals surface area contributed by atoms with Crippen LogP contribution in [0.5, 0.6) is 11.5 Å². The van der Waals surface area contributed by atoms with Gasteiger partial charge in [-0.2, -0.15) is 0 Å². The lowest BCUT2D eigenvalue weighted by Gasteiger charge is -2.28. The monoisotopic (exact) mass is 318 g/mol. The van der Waals surface area contributed by atoms with E-state index in [-0.39, 0.29) is 18.8 Å². The largest absolute Gasteiger partial charge is 0.493 e. The van der Waals surface area contributed by atoms with Crippen LogP contribution in [0.25, 0.3) is 0 Å². The number of para-hydroxylation sites is 2. The third kappa shape index (κ3) is 3.71. The summed E-state index contributed by atoms with van der Waals surface area (Å²) in [5.74, 6) is 3.61. The Morgan fingerprint density at radius 1 is 1.26 bits per heavy atom. The van der Waals surface area contributed by atoms with E-state index in [1.165, 1.54) is 25.7 Å². The van der Waals surface area contributed by atoms with Gasteiger partial charge in [-0.15, -0.1) is 0 Å². The number of methoxy groups -OCH3 is 1. The molecular formula is C18H26N2O3.